The minimum absolute atomic E-state index is 0.0780. The second kappa shape index (κ2) is 5.99. The molecule has 0 spiro atoms. The third-order valence-corrected chi connectivity index (χ3v) is 3.06. The van der Waals surface area contributed by atoms with E-state index >= 15 is 0 Å². The van der Waals surface area contributed by atoms with Crippen LogP contribution in [0.5, 0.6) is 0 Å². The summed E-state index contributed by atoms with van der Waals surface area (Å²) < 4.78 is 11.4. The average molecular weight is 229 g/mol. The molecule has 0 aliphatic heterocycles. The summed E-state index contributed by atoms with van der Waals surface area (Å²) in [5.41, 5.74) is 5.97. The highest BCUT2D eigenvalue weighted by Gasteiger charge is 2.26. The molecule has 0 aromatic heterocycles. The quantitative estimate of drug-likeness (QED) is 0.753. The summed E-state index contributed by atoms with van der Waals surface area (Å²) in [6, 6.07) is 0.214. The largest absolute Gasteiger partial charge is 0.374 e. The van der Waals surface area contributed by atoms with E-state index in [0.717, 1.165) is 18.8 Å². The maximum Gasteiger partial charge on any atom is 0.0729 e. The number of hydrogen-bond acceptors (Lipinski definition) is 3. The standard InChI is InChI=1S/C13H27NO2/c1-10-5-6-11(14)12(9-10)15-7-8-16-13(2,3)4/h10-12H,5-9,14H2,1-4H3. The van der Waals surface area contributed by atoms with Crippen LogP contribution in [0.15, 0.2) is 0 Å². The molecule has 3 unspecified atom stereocenters. The van der Waals surface area contributed by atoms with Gasteiger partial charge >= 0.3 is 0 Å². The third kappa shape index (κ3) is 5.28. The molecule has 2 N–H and O–H groups in total. The van der Waals surface area contributed by atoms with Crippen molar-refractivity contribution < 1.29 is 9.47 Å². The summed E-state index contributed by atoms with van der Waals surface area (Å²) in [5, 5.41) is 0. The highest BCUT2D eigenvalue weighted by atomic mass is 16.5. The van der Waals surface area contributed by atoms with Gasteiger partial charge in [0.1, 0.15) is 0 Å². The molecule has 1 rings (SSSR count). The van der Waals surface area contributed by atoms with Crippen LogP contribution in [0, 0.1) is 5.92 Å². The SMILES string of the molecule is CC1CCC(N)C(OCCOC(C)(C)C)C1. The zero-order chi connectivity index (χ0) is 12.2. The molecule has 0 aromatic carbocycles. The average Bonchev–Trinajstić information content (AvgIpc) is 2.16. The predicted octanol–water partition coefficient (Wildman–Crippen LogP) is 2.33. The van der Waals surface area contributed by atoms with E-state index in [1.165, 1.54) is 6.42 Å². The van der Waals surface area contributed by atoms with E-state index in [2.05, 4.69) is 27.7 Å². The van der Waals surface area contributed by atoms with Crippen molar-refractivity contribution in [1.29, 1.82) is 0 Å². The Morgan fingerprint density at radius 3 is 2.50 bits per heavy atom. The van der Waals surface area contributed by atoms with Crippen LogP contribution in [-0.4, -0.2) is 31.0 Å². The normalized spacial score (nSPS) is 31.7. The van der Waals surface area contributed by atoms with Crippen LogP contribution in [0.4, 0.5) is 0 Å². The van der Waals surface area contributed by atoms with Crippen molar-refractivity contribution in [1.82, 2.24) is 0 Å². The minimum atomic E-state index is -0.0780. The van der Waals surface area contributed by atoms with Gasteiger partial charge in [-0.05, 0) is 46.0 Å². The van der Waals surface area contributed by atoms with E-state index in [9.17, 15) is 0 Å². The topological polar surface area (TPSA) is 44.5 Å². The van der Waals surface area contributed by atoms with Crippen LogP contribution in [0.1, 0.15) is 47.0 Å². The van der Waals surface area contributed by atoms with Gasteiger partial charge in [0.05, 0.1) is 24.9 Å². The van der Waals surface area contributed by atoms with E-state index in [1.807, 2.05) is 0 Å². The van der Waals surface area contributed by atoms with Gasteiger partial charge < -0.3 is 15.2 Å². The zero-order valence-electron chi connectivity index (χ0n) is 11.2. The van der Waals surface area contributed by atoms with Crippen LogP contribution in [0.25, 0.3) is 0 Å². The highest BCUT2D eigenvalue weighted by Crippen LogP contribution is 2.25. The molecule has 1 saturated carbocycles. The lowest BCUT2D eigenvalue weighted by atomic mass is 9.85. The Hall–Kier alpha value is -0.120. The van der Waals surface area contributed by atoms with E-state index in [1.54, 1.807) is 0 Å². The number of nitrogens with two attached hydrogens (primary N) is 1. The first kappa shape index (κ1) is 13.9. The van der Waals surface area contributed by atoms with Gasteiger partial charge in [-0.2, -0.15) is 0 Å². The van der Waals surface area contributed by atoms with Gasteiger partial charge in [-0.25, -0.2) is 0 Å². The lowest BCUT2D eigenvalue weighted by Gasteiger charge is -2.32. The molecule has 3 nitrogen and oxygen atoms in total. The summed E-state index contributed by atoms with van der Waals surface area (Å²) in [7, 11) is 0. The van der Waals surface area contributed by atoms with Crippen LogP contribution in [0.2, 0.25) is 0 Å². The Kier molecular flexibility index (Phi) is 5.22. The Morgan fingerprint density at radius 2 is 1.88 bits per heavy atom. The third-order valence-electron chi connectivity index (χ3n) is 3.06. The Bertz CT molecular complexity index is 201. The second-order valence-corrected chi connectivity index (χ2v) is 5.95. The summed E-state index contributed by atoms with van der Waals surface area (Å²) in [6.45, 7) is 9.75. The minimum Gasteiger partial charge on any atom is -0.374 e. The fourth-order valence-corrected chi connectivity index (χ4v) is 2.09. The van der Waals surface area contributed by atoms with Crippen LogP contribution >= 0.6 is 0 Å². The smallest absolute Gasteiger partial charge is 0.0729 e. The molecule has 3 heteroatoms. The number of rotatable bonds is 4. The fourth-order valence-electron chi connectivity index (χ4n) is 2.09. The van der Waals surface area contributed by atoms with Gasteiger partial charge in [0.2, 0.25) is 0 Å². The molecule has 0 heterocycles. The van der Waals surface area contributed by atoms with E-state index in [4.69, 9.17) is 15.2 Å². The molecule has 1 fully saturated rings. The predicted molar refractivity (Wildman–Crippen MR) is 66.4 cm³/mol. The molecule has 1 aliphatic carbocycles. The molecule has 3 atom stereocenters. The van der Waals surface area contributed by atoms with E-state index in [-0.39, 0.29) is 17.7 Å². The first-order valence-corrected chi connectivity index (χ1v) is 6.39. The molecule has 0 bridgehead atoms. The molecule has 0 amide bonds. The van der Waals surface area contributed by atoms with Gasteiger partial charge in [0.15, 0.2) is 0 Å². The fraction of sp³-hybridized carbons (Fsp3) is 1.00. The van der Waals surface area contributed by atoms with Crippen molar-refractivity contribution in [2.75, 3.05) is 13.2 Å². The first-order chi connectivity index (χ1) is 7.38. The molecule has 0 aromatic rings. The van der Waals surface area contributed by atoms with Crippen molar-refractivity contribution in [2.45, 2.75) is 64.7 Å². The number of hydrogen-bond donors (Lipinski definition) is 1. The van der Waals surface area contributed by atoms with Crippen molar-refractivity contribution in [3.05, 3.63) is 0 Å². The summed E-state index contributed by atoms with van der Waals surface area (Å²) in [4.78, 5) is 0. The van der Waals surface area contributed by atoms with Crippen molar-refractivity contribution in [2.24, 2.45) is 11.7 Å². The highest BCUT2D eigenvalue weighted by molar-refractivity contribution is 4.81. The van der Waals surface area contributed by atoms with Crippen molar-refractivity contribution >= 4 is 0 Å². The Labute approximate surface area is 99.7 Å². The van der Waals surface area contributed by atoms with Crippen LogP contribution in [-0.2, 0) is 9.47 Å². The van der Waals surface area contributed by atoms with E-state index < -0.39 is 0 Å². The first-order valence-electron chi connectivity index (χ1n) is 6.39. The number of ether oxygens (including phenoxy) is 2. The maximum atomic E-state index is 6.04. The second-order valence-electron chi connectivity index (χ2n) is 5.95. The Morgan fingerprint density at radius 1 is 1.19 bits per heavy atom. The molecule has 16 heavy (non-hydrogen) atoms. The van der Waals surface area contributed by atoms with E-state index in [0.29, 0.717) is 13.2 Å². The zero-order valence-corrected chi connectivity index (χ0v) is 11.2. The molecule has 0 radical (unpaired) electrons. The van der Waals surface area contributed by atoms with Crippen molar-refractivity contribution in [3.8, 4) is 0 Å². The van der Waals surface area contributed by atoms with Gasteiger partial charge in [-0.1, -0.05) is 6.92 Å². The summed E-state index contributed by atoms with van der Waals surface area (Å²) in [6.07, 6.45) is 3.65. The summed E-state index contributed by atoms with van der Waals surface area (Å²) >= 11 is 0. The van der Waals surface area contributed by atoms with Gasteiger partial charge in [0, 0.05) is 6.04 Å². The molecular weight excluding hydrogens is 202 g/mol. The van der Waals surface area contributed by atoms with Gasteiger partial charge in [-0.3, -0.25) is 0 Å². The Balaban J connectivity index is 2.16. The van der Waals surface area contributed by atoms with Gasteiger partial charge in [0.25, 0.3) is 0 Å². The summed E-state index contributed by atoms with van der Waals surface area (Å²) in [5.74, 6) is 0.744. The molecule has 1 aliphatic rings. The molecule has 0 saturated heterocycles. The lowest BCUT2D eigenvalue weighted by Crippen LogP contribution is -2.42. The van der Waals surface area contributed by atoms with Crippen LogP contribution < -0.4 is 5.73 Å². The van der Waals surface area contributed by atoms with Crippen molar-refractivity contribution in [3.63, 3.8) is 0 Å². The lowest BCUT2D eigenvalue weighted by molar-refractivity contribution is -0.0655. The van der Waals surface area contributed by atoms with Gasteiger partial charge in [-0.15, -0.1) is 0 Å². The maximum absolute atomic E-state index is 6.04. The molecule has 96 valence electrons. The monoisotopic (exact) mass is 229 g/mol. The molecular formula is C13H27NO2. The van der Waals surface area contributed by atoms with Crippen LogP contribution in [0.3, 0.4) is 0 Å².